The molecule has 3 heteroatoms. The molecule has 4 fully saturated rings. The second-order valence-electron chi connectivity index (χ2n) is 15.2. The van der Waals surface area contributed by atoms with Gasteiger partial charge in [-0.2, -0.15) is 0 Å². The van der Waals surface area contributed by atoms with E-state index in [0.29, 0.717) is 29.6 Å². The highest BCUT2D eigenvalue weighted by atomic mass is 16.5. The van der Waals surface area contributed by atoms with Crippen LogP contribution in [0.25, 0.3) is 0 Å². The van der Waals surface area contributed by atoms with Gasteiger partial charge in [0, 0.05) is 0 Å². The molecular formula is C31H50O3. The number of carbonyl (C=O) groups excluding carboxylic acids is 1. The van der Waals surface area contributed by atoms with Gasteiger partial charge in [-0.05, 0) is 109 Å². The first kappa shape index (κ1) is 24.8. The molecular weight excluding hydrogens is 420 g/mol. The zero-order valence-corrected chi connectivity index (χ0v) is 23.2. The van der Waals surface area contributed by atoms with E-state index in [-0.39, 0.29) is 39.1 Å². The number of carbonyl (C=O) groups is 1. The summed E-state index contributed by atoms with van der Waals surface area (Å²) in [5.74, 6) is 2.68. The molecule has 34 heavy (non-hydrogen) atoms. The minimum Gasteiger partial charge on any atom is -0.469 e. The summed E-state index contributed by atoms with van der Waals surface area (Å²) in [5.41, 5.74) is 2.11. The highest BCUT2D eigenvalue weighted by Gasteiger charge is 2.67. The number of ether oxygens (including phenoxy) is 1. The van der Waals surface area contributed by atoms with Crippen LogP contribution < -0.4 is 0 Å². The molecule has 0 spiro atoms. The van der Waals surface area contributed by atoms with Crippen molar-refractivity contribution in [3.05, 3.63) is 11.6 Å². The van der Waals surface area contributed by atoms with Crippen molar-refractivity contribution >= 4 is 5.97 Å². The fraction of sp³-hybridized carbons (Fsp3) is 0.903. The Bertz CT molecular complexity index is 885. The summed E-state index contributed by atoms with van der Waals surface area (Å²) in [6.07, 6.45) is 12.3. The number of aliphatic hydroxyl groups excluding tert-OH is 1. The molecule has 9 unspecified atom stereocenters. The topological polar surface area (TPSA) is 46.5 Å². The molecule has 4 saturated carbocycles. The fourth-order valence-electron chi connectivity index (χ4n) is 11.1. The molecule has 0 saturated heterocycles. The van der Waals surface area contributed by atoms with E-state index in [9.17, 15) is 9.90 Å². The van der Waals surface area contributed by atoms with E-state index < -0.39 is 0 Å². The summed E-state index contributed by atoms with van der Waals surface area (Å²) in [5, 5.41) is 10.9. The van der Waals surface area contributed by atoms with E-state index in [1.807, 2.05) is 0 Å². The van der Waals surface area contributed by atoms with Gasteiger partial charge in [-0.15, -0.1) is 0 Å². The standard InChI is InChI=1S/C31H50O3/c1-19-17-31(26(33)34-8)16-15-27(2,3)18-21(31)20-9-10-23-29(6)14-12-24(32)28(4,5)22(29)11-13-30(23,7)25(19)20/h9,19,21-25,32H,10-18H2,1-8H3. The number of fused-ring (bicyclic) bond motifs is 7. The summed E-state index contributed by atoms with van der Waals surface area (Å²) in [7, 11) is 1.60. The third-order valence-electron chi connectivity index (χ3n) is 12.7. The Balaban J connectivity index is 1.59. The Kier molecular flexibility index (Phi) is 5.55. The number of rotatable bonds is 1. The van der Waals surface area contributed by atoms with Crippen LogP contribution in [0.3, 0.4) is 0 Å². The van der Waals surface area contributed by atoms with E-state index in [1.165, 1.54) is 12.8 Å². The maximum Gasteiger partial charge on any atom is 0.312 e. The summed E-state index contributed by atoms with van der Waals surface area (Å²) < 4.78 is 5.51. The molecule has 9 atom stereocenters. The minimum atomic E-state index is -0.326. The lowest BCUT2D eigenvalue weighted by Gasteiger charge is -2.69. The molecule has 0 radical (unpaired) electrons. The Morgan fingerprint density at radius 2 is 1.62 bits per heavy atom. The summed E-state index contributed by atoms with van der Waals surface area (Å²) in [6, 6.07) is 0. The molecule has 5 rings (SSSR count). The second kappa shape index (κ2) is 7.59. The minimum absolute atomic E-state index is 0.00999. The number of methoxy groups -OCH3 is 1. The zero-order chi connectivity index (χ0) is 24.9. The van der Waals surface area contributed by atoms with Gasteiger partial charge in [0.1, 0.15) is 0 Å². The highest BCUT2D eigenvalue weighted by molar-refractivity contribution is 5.78. The van der Waals surface area contributed by atoms with Gasteiger partial charge in [-0.3, -0.25) is 4.79 Å². The van der Waals surface area contributed by atoms with Crippen molar-refractivity contribution in [3.8, 4) is 0 Å². The van der Waals surface area contributed by atoms with Gasteiger partial charge >= 0.3 is 5.97 Å². The molecule has 0 aromatic carbocycles. The van der Waals surface area contributed by atoms with Crippen LogP contribution in [0.15, 0.2) is 11.6 Å². The fourth-order valence-corrected chi connectivity index (χ4v) is 11.1. The van der Waals surface area contributed by atoms with E-state index in [0.717, 1.165) is 44.9 Å². The van der Waals surface area contributed by atoms with Crippen LogP contribution in [0.1, 0.15) is 106 Å². The van der Waals surface area contributed by atoms with Crippen molar-refractivity contribution in [3.63, 3.8) is 0 Å². The molecule has 5 aliphatic carbocycles. The summed E-state index contributed by atoms with van der Waals surface area (Å²) >= 11 is 0. The number of esters is 1. The van der Waals surface area contributed by atoms with Crippen molar-refractivity contribution < 1.29 is 14.6 Å². The number of hydrogen-bond donors (Lipinski definition) is 1. The van der Waals surface area contributed by atoms with E-state index in [1.54, 1.807) is 12.7 Å². The number of allylic oxidation sites excluding steroid dienone is 2. The largest absolute Gasteiger partial charge is 0.469 e. The smallest absolute Gasteiger partial charge is 0.312 e. The zero-order valence-electron chi connectivity index (χ0n) is 23.2. The third-order valence-corrected chi connectivity index (χ3v) is 12.7. The Morgan fingerprint density at radius 3 is 2.29 bits per heavy atom. The van der Waals surface area contributed by atoms with Gasteiger partial charge in [0.25, 0.3) is 0 Å². The first-order chi connectivity index (χ1) is 15.7. The quantitative estimate of drug-likeness (QED) is 0.326. The molecule has 0 aliphatic heterocycles. The van der Waals surface area contributed by atoms with Crippen molar-refractivity contribution in [2.24, 2.45) is 56.7 Å². The SMILES string of the molecule is COC(=O)C12CCC(C)(C)CC1C1=CCC3C(C)(CCC4C(C)(C)C(O)CCC43C)C1C(C)C2. The number of hydrogen-bond acceptors (Lipinski definition) is 3. The predicted molar refractivity (Wildman–Crippen MR) is 137 cm³/mol. The lowest BCUT2D eigenvalue weighted by atomic mass is 9.36. The molecule has 5 aliphatic rings. The Labute approximate surface area is 208 Å². The summed E-state index contributed by atoms with van der Waals surface area (Å²) in [4.78, 5) is 13.4. The van der Waals surface area contributed by atoms with Gasteiger partial charge in [-0.25, -0.2) is 0 Å². The van der Waals surface area contributed by atoms with Crippen LogP contribution in [0.5, 0.6) is 0 Å². The molecule has 0 aromatic heterocycles. The highest BCUT2D eigenvalue weighted by Crippen LogP contribution is 2.72. The predicted octanol–water partition coefficient (Wildman–Crippen LogP) is 7.18. The first-order valence-corrected chi connectivity index (χ1v) is 14.2. The first-order valence-electron chi connectivity index (χ1n) is 14.2. The van der Waals surface area contributed by atoms with Crippen molar-refractivity contribution in [2.75, 3.05) is 7.11 Å². The van der Waals surface area contributed by atoms with Crippen LogP contribution in [-0.4, -0.2) is 24.3 Å². The lowest BCUT2D eigenvalue weighted by Crippen LogP contribution is -2.63. The van der Waals surface area contributed by atoms with Gasteiger partial charge in [-0.1, -0.05) is 60.1 Å². The van der Waals surface area contributed by atoms with Crippen LogP contribution in [0.4, 0.5) is 0 Å². The maximum absolute atomic E-state index is 13.4. The van der Waals surface area contributed by atoms with Crippen LogP contribution >= 0.6 is 0 Å². The Morgan fingerprint density at radius 1 is 0.941 bits per heavy atom. The maximum atomic E-state index is 13.4. The lowest BCUT2D eigenvalue weighted by molar-refractivity contribution is -0.195. The van der Waals surface area contributed by atoms with Crippen LogP contribution in [0.2, 0.25) is 0 Å². The molecule has 0 amide bonds. The average Bonchev–Trinajstić information content (AvgIpc) is 2.75. The van der Waals surface area contributed by atoms with E-state index in [4.69, 9.17) is 4.74 Å². The number of aliphatic hydroxyl groups is 1. The Hall–Kier alpha value is -0.830. The monoisotopic (exact) mass is 470 g/mol. The van der Waals surface area contributed by atoms with E-state index >= 15 is 0 Å². The molecule has 3 nitrogen and oxygen atoms in total. The van der Waals surface area contributed by atoms with Gasteiger partial charge in [0.15, 0.2) is 0 Å². The molecule has 0 heterocycles. The van der Waals surface area contributed by atoms with Crippen molar-refractivity contribution in [2.45, 2.75) is 112 Å². The molecule has 0 bridgehead atoms. The van der Waals surface area contributed by atoms with Gasteiger partial charge in [0.05, 0.1) is 18.6 Å². The average molecular weight is 471 g/mol. The van der Waals surface area contributed by atoms with Gasteiger partial charge in [0.2, 0.25) is 0 Å². The molecule has 1 N–H and O–H groups in total. The molecule has 0 aromatic rings. The third kappa shape index (κ3) is 3.13. The van der Waals surface area contributed by atoms with Crippen LogP contribution in [0, 0.1) is 56.7 Å². The molecule has 192 valence electrons. The normalized spacial score (nSPS) is 51.1. The van der Waals surface area contributed by atoms with Crippen molar-refractivity contribution in [1.82, 2.24) is 0 Å². The van der Waals surface area contributed by atoms with Gasteiger partial charge < -0.3 is 9.84 Å². The van der Waals surface area contributed by atoms with Crippen molar-refractivity contribution in [1.29, 1.82) is 0 Å². The second-order valence-corrected chi connectivity index (χ2v) is 15.2. The van der Waals surface area contributed by atoms with E-state index in [2.05, 4.69) is 54.5 Å². The summed E-state index contributed by atoms with van der Waals surface area (Å²) in [6.45, 7) is 17.1. The van der Waals surface area contributed by atoms with Crippen LogP contribution in [-0.2, 0) is 9.53 Å².